The summed E-state index contributed by atoms with van der Waals surface area (Å²) in [6, 6.07) is 13.6. The largest absolute Gasteiger partial charge is 0.252 e. The summed E-state index contributed by atoms with van der Waals surface area (Å²) in [7, 11) is 0. The maximum absolute atomic E-state index is 6.07. The van der Waals surface area contributed by atoms with Gasteiger partial charge in [0.2, 0.25) is 5.13 Å². The van der Waals surface area contributed by atoms with Crippen LogP contribution >= 0.6 is 50.5 Å². The smallest absolute Gasteiger partial charge is 0.203 e. The Morgan fingerprint density at radius 1 is 1.20 bits per heavy atom. The topological polar surface area (TPSA) is 37.3 Å². The summed E-state index contributed by atoms with van der Waals surface area (Å²) in [5, 5.41) is 8.24. The Morgan fingerprint density at radius 3 is 2.76 bits per heavy atom. The first-order valence-corrected chi connectivity index (χ1v) is 9.99. The highest BCUT2D eigenvalue weighted by atomic mass is 79.9. The molecule has 0 aliphatic rings. The standard InChI is InChI=1S/C18H14BrCl2N3S/c1-2-16(11-4-3-5-13(19)8-11)23-24-18-22-17(10-25-18)12-6-7-14(20)15(21)9-12/h3-10H,2H2,1H3,(H,22,24)/b23-16+. The summed E-state index contributed by atoms with van der Waals surface area (Å²) in [6.07, 6.45) is 0.814. The number of rotatable bonds is 5. The fraction of sp³-hybridized carbons (Fsp3) is 0.111. The van der Waals surface area contributed by atoms with Crippen LogP contribution in [0.15, 0.2) is 57.4 Å². The second-order valence-corrected chi connectivity index (χ2v) is 7.79. The lowest BCUT2D eigenvalue weighted by Gasteiger charge is -2.05. The number of hydrogen-bond donors (Lipinski definition) is 1. The summed E-state index contributed by atoms with van der Waals surface area (Å²) in [5.41, 5.74) is 6.85. The number of benzene rings is 2. The molecule has 1 aromatic heterocycles. The number of nitrogens with zero attached hydrogens (tertiary/aromatic N) is 2. The van der Waals surface area contributed by atoms with E-state index in [2.05, 4.69) is 38.4 Å². The molecule has 0 aliphatic heterocycles. The molecule has 0 saturated carbocycles. The summed E-state index contributed by atoms with van der Waals surface area (Å²) in [5.74, 6) is 0. The Hall–Kier alpha value is -1.40. The van der Waals surface area contributed by atoms with E-state index < -0.39 is 0 Å². The molecule has 0 radical (unpaired) electrons. The van der Waals surface area contributed by atoms with Crippen molar-refractivity contribution < 1.29 is 0 Å². The molecule has 3 rings (SSSR count). The molecule has 0 spiro atoms. The molecule has 0 amide bonds. The van der Waals surface area contributed by atoms with E-state index in [-0.39, 0.29) is 0 Å². The van der Waals surface area contributed by atoms with Crippen molar-refractivity contribution in [3.05, 3.63) is 67.9 Å². The predicted molar refractivity (Wildman–Crippen MR) is 112 cm³/mol. The van der Waals surface area contributed by atoms with Crippen LogP contribution in [0.4, 0.5) is 5.13 Å². The second-order valence-electron chi connectivity index (χ2n) is 5.20. The van der Waals surface area contributed by atoms with Crippen LogP contribution in [-0.2, 0) is 0 Å². The van der Waals surface area contributed by atoms with Gasteiger partial charge in [0.05, 0.1) is 21.5 Å². The Balaban J connectivity index is 1.79. The number of halogens is 3. The third-order valence-corrected chi connectivity index (χ3v) is 5.48. The van der Waals surface area contributed by atoms with Crippen LogP contribution in [0.5, 0.6) is 0 Å². The van der Waals surface area contributed by atoms with E-state index >= 15 is 0 Å². The zero-order valence-electron chi connectivity index (χ0n) is 13.3. The first-order valence-electron chi connectivity index (χ1n) is 7.56. The molecule has 0 aliphatic carbocycles. The van der Waals surface area contributed by atoms with Gasteiger partial charge in [-0.15, -0.1) is 11.3 Å². The molecule has 0 saturated heterocycles. The highest BCUT2D eigenvalue weighted by molar-refractivity contribution is 9.10. The minimum atomic E-state index is 0.516. The summed E-state index contributed by atoms with van der Waals surface area (Å²) in [6.45, 7) is 2.07. The third kappa shape index (κ3) is 4.61. The molecule has 0 atom stereocenters. The molecule has 2 aromatic carbocycles. The van der Waals surface area contributed by atoms with Crippen molar-refractivity contribution in [1.29, 1.82) is 0 Å². The molecule has 0 fully saturated rings. The highest BCUT2D eigenvalue weighted by Crippen LogP contribution is 2.30. The van der Waals surface area contributed by atoms with Crippen molar-refractivity contribution in [2.45, 2.75) is 13.3 Å². The molecule has 1 N–H and O–H groups in total. The number of nitrogens with one attached hydrogen (secondary N) is 1. The van der Waals surface area contributed by atoms with Crippen LogP contribution in [0.1, 0.15) is 18.9 Å². The zero-order valence-corrected chi connectivity index (χ0v) is 17.2. The van der Waals surface area contributed by atoms with Gasteiger partial charge in [-0.1, -0.05) is 64.3 Å². The monoisotopic (exact) mass is 453 g/mol. The van der Waals surface area contributed by atoms with Gasteiger partial charge in [-0.2, -0.15) is 5.10 Å². The SMILES string of the molecule is CC/C(=N\Nc1nc(-c2ccc(Cl)c(Cl)c2)cs1)c1cccc(Br)c1. The first-order chi connectivity index (χ1) is 12.1. The van der Waals surface area contributed by atoms with Gasteiger partial charge >= 0.3 is 0 Å². The van der Waals surface area contributed by atoms with Crippen molar-refractivity contribution >= 4 is 61.3 Å². The van der Waals surface area contributed by atoms with Gasteiger partial charge in [0.25, 0.3) is 0 Å². The van der Waals surface area contributed by atoms with Crippen molar-refractivity contribution in [1.82, 2.24) is 4.98 Å². The van der Waals surface area contributed by atoms with E-state index in [1.807, 2.05) is 41.8 Å². The molecule has 25 heavy (non-hydrogen) atoms. The van der Waals surface area contributed by atoms with Gasteiger partial charge in [0.15, 0.2) is 0 Å². The number of hydrogen-bond acceptors (Lipinski definition) is 4. The normalized spacial score (nSPS) is 11.6. The molecule has 7 heteroatoms. The maximum atomic E-state index is 6.07. The second kappa shape index (κ2) is 8.32. The predicted octanol–water partition coefficient (Wildman–Crippen LogP) is 7.11. The molecule has 3 aromatic rings. The average molecular weight is 455 g/mol. The van der Waals surface area contributed by atoms with Gasteiger partial charge in [-0.3, -0.25) is 5.43 Å². The molecule has 128 valence electrons. The minimum absolute atomic E-state index is 0.516. The lowest BCUT2D eigenvalue weighted by atomic mass is 10.1. The lowest BCUT2D eigenvalue weighted by Crippen LogP contribution is -2.03. The van der Waals surface area contributed by atoms with Crippen LogP contribution in [0.3, 0.4) is 0 Å². The molecule has 1 heterocycles. The fourth-order valence-corrected chi connectivity index (χ4v) is 3.60. The van der Waals surface area contributed by atoms with Gasteiger partial charge in [0, 0.05) is 15.4 Å². The summed E-state index contributed by atoms with van der Waals surface area (Å²) < 4.78 is 1.03. The van der Waals surface area contributed by atoms with E-state index in [0.29, 0.717) is 10.0 Å². The zero-order chi connectivity index (χ0) is 17.8. The quantitative estimate of drug-likeness (QED) is 0.329. The Bertz CT molecular complexity index is 924. The first kappa shape index (κ1) is 18.4. The molecule has 0 bridgehead atoms. The number of hydrazone groups is 1. The maximum Gasteiger partial charge on any atom is 0.203 e. The molecular weight excluding hydrogens is 441 g/mol. The highest BCUT2D eigenvalue weighted by Gasteiger charge is 2.07. The van der Waals surface area contributed by atoms with Crippen molar-refractivity contribution in [2.75, 3.05) is 5.43 Å². The average Bonchev–Trinajstić information content (AvgIpc) is 3.07. The van der Waals surface area contributed by atoms with Crippen LogP contribution in [-0.4, -0.2) is 10.7 Å². The van der Waals surface area contributed by atoms with Crippen LogP contribution in [0.2, 0.25) is 10.0 Å². The van der Waals surface area contributed by atoms with Gasteiger partial charge in [-0.05, 0) is 36.2 Å². The van der Waals surface area contributed by atoms with E-state index in [9.17, 15) is 0 Å². The minimum Gasteiger partial charge on any atom is -0.252 e. The Labute approximate surface area is 168 Å². The van der Waals surface area contributed by atoms with E-state index in [1.165, 1.54) is 11.3 Å². The van der Waals surface area contributed by atoms with Gasteiger partial charge in [0.1, 0.15) is 0 Å². The number of anilines is 1. The lowest BCUT2D eigenvalue weighted by molar-refractivity contribution is 1.21. The fourth-order valence-electron chi connectivity index (χ4n) is 2.24. The van der Waals surface area contributed by atoms with Crippen molar-refractivity contribution in [3.63, 3.8) is 0 Å². The van der Waals surface area contributed by atoms with E-state index in [4.69, 9.17) is 23.2 Å². The third-order valence-electron chi connectivity index (χ3n) is 3.50. The van der Waals surface area contributed by atoms with Crippen LogP contribution < -0.4 is 5.43 Å². The van der Waals surface area contributed by atoms with Gasteiger partial charge in [-0.25, -0.2) is 4.98 Å². The van der Waals surface area contributed by atoms with Gasteiger partial charge < -0.3 is 0 Å². The Morgan fingerprint density at radius 2 is 2.04 bits per heavy atom. The summed E-state index contributed by atoms with van der Waals surface area (Å²) in [4.78, 5) is 4.56. The van der Waals surface area contributed by atoms with E-state index in [0.717, 1.165) is 38.6 Å². The molecule has 3 nitrogen and oxygen atoms in total. The number of thiazole rings is 1. The molecule has 0 unspecified atom stereocenters. The number of aromatic nitrogens is 1. The molecular formula is C18H14BrCl2N3S. The van der Waals surface area contributed by atoms with Crippen molar-refractivity contribution in [2.24, 2.45) is 5.10 Å². The Kier molecular flexibility index (Phi) is 6.12. The van der Waals surface area contributed by atoms with Crippen molar-refractivity contribution in [3.8, 4) is 11.3 Å². The van der Waals surface area contributed by atoms with Crippen LogP contribution in [0, 0.1) is 0 Å². The summed E-state index contributed by atoms with van der Waals surface area (Å²) >= 11 is 17.0. The van der Waals surface area contributed by atoms with E-state index in [1.54, 1.807) is 6.07 Å². The van der Waals surface area contributed by atoms with Crippen LogP contribution in [0.25, 0.3) is 11.3 Å².